The third kappa shape index (κ3) is 5.85. The van der Waals surface area contributed by atoms with Gasteiger partial charge in [-0.25, -0.2) is 0 Å². The van der Waals surface area contributed by atoms with Crippen molar-refractivity contribution in [3.63, 3.8) is 0 Å². The zero-order valence-corrected chi connectivity index (χ0v) is 15.8. The van der Waals surface area contributed by atoms with Crippen LogP contribution in [-0.2, 0) is 4.79 Å². The van der Waals surface area contributed by atoms with Crippen LogP contribution in [0.5, 0.6) is 17.2 Å². The molecule has 0 bridgehead atoms. The van der Waals surface area contributed by atoms with Gasteiger partial charge in [0.05, 0.1) is 17.8 Å². The highest BCUT2D eigenvalue weighted by Gasteiger charge is 2.12. The van der Waals surface area contributed by atoms with Crippen LogP contribution in [0.3, 0.4) is 0 Å². The topological polar surface area (TPSA) is 111 Å². The van der Waals surface area contributed by atoms with Crippen molar-refractivity contribution < 1.29 is 24.3 Å². The first-order valence-electron chi connectivity index (χ1n) is 8.03. The van der Waals surface area contributed by atoms with Gasteiger partial charge in [0, 0.05) is 24.1 Å². The maximum Gasteiger partial charge on any atom is 0.321 e. The Morgan fingerprint density at radius 3 is 2.79 bits per heavy atom. The average molecular weight is 402 g/mol. The molecule has 0 aliphatic carbocycles. The Morgan fingerprint density at radius 2 is 2.11 bits per heavy atom. The molecule has 1 N–H and O–H groups in total. The van der Waals surface area contributed by atoms with Crippen LogP contribution in [-0.4, -0.2) is 40.8 Å². The molecule has 0 atom stereocenters. The van der Waals surface area contributed by atoms with Gasteiger partial charge in [-0.05, 0) is 29.8 Å². The number of thioether (sulfide) groups is 1. The lowest BCUT2D eigenvalue weighted by atomic mass is 10.2. The normalized spacial score (nSPS) is 10.6. The molecule has 2 aromatic rings. The van der Waals surface area contributed by atoms with E-state index in [2.05, 4.69) is 11.6 Å². The van der Waals surface area contributed by atoms with Crippen molar-refractivity contribution in [1.29, 1.82) is 0 Å². The van der Waals surface area contributed by atoms with Crippen LogP contribution in [0.15, 0.2) is 54.0 Å². The highest BCUT2D eigenvalue weighted by molar-refractivity contribution is 8.00. The molecule has 0 saturated heterocycles. The van der Waals surface area contributed by atoms with E-state index in [1.807, 2.05) is 0 Å². The van der Waals surface area contributed by atoms with Crippen LogP contribution in [0.1, 0.15) is 5.56 Å². The van der Waals surface area contributed by atoms with Crippen molar-refractivity contribution in [1.82, 2.24) is 0 Å². The SMILES string of the molecule is C=CCSCC(=O)Oc1ccc(C=Nc2cc([N+](=O)[O-])ccc2O)cc1OC. The van der Waals surface area contributed by atoms with E-state index in [0.717, 1.165) is 0 Å². The summed E-state index contributed by atoms with van der Waals surface area (Å²) < 4.78 is 10.5. The first-order valence-corrected chi connectivity index (χ1v) is 9.19. The van der Waals surface area contributed by atoms with Gasteiger partial charge in [0.25, 0.3) is 5.69 Å². The fourth-order valence-corrected chi connectivity index (χ4v) is 2.61. The quantitative estimate of drug-likeness (QED) is 0.129. The number of aromatic hydroxyl groups is 1. The molecule has 0 unspecified atom stereocenters. The summed E-state index contributed by atoms with van der Waals surface area (Å²) in [5, 5.41) is 20.6. The molecule has 0 fully saturated rings. The Hall–Kier alpha value is -3.33. The van der Waals surface area contributed by atoms with Gasteiger partial charge in [-0.15, -0.1) is 18.3 Å². The highest BCUT2D eigenvalue weighted by Crippen LogP contribution is 2.31. The third-order valence-electron chi connectivity index (χ3n) is 3.39. The number of carbonyl (C=O) groups excluding carboxylic acids is 1. The zero-order valence-electron chi connectivity index (χ0n) is 15.0. The van der Waals surface area contributed by atoms with Crippen LogP contribution >= 0.6 is 11.8 Å². The van der Waals surface area contributed by atoms with Crippen molar-refractivity contribution in [2.45, 2.75) is 0 Å². The Kier molecular flexibility index (Phi) is 7.58. The number of nitrogens with zero attached hydrogens (tertiary/aromatic N) is 2. The zero-order chi connectivity index (χ0) is 20.5. The smallest absolute Gasteiger partial charge is 0.321 e. The van der Waals surface area contributed by atoms with E-state index in [1.54, 1.807) is 24.3 Å². The number of nitro groups is 1. The van der Waals surface area contributed by atoms with Gasteiger partial charge >= 0.3 is 5.97 Å². The van der Waals surface area contributed by atoms with Crippen LogP contribution in [0, 0.1) is 10.1 Å². The molecule has 0 radical (unpaired) electrons. The van der Waals surface area contributed by atoms with Crippen LogP contribution in [0.2, 0.25) is 0 Å². The Morgan fingerprint density at radius 1 is 1.32 bits per heavy atom. The van der Waals surface area contributed by atoms with Gasteiger partial charge in [0.2, 0.25) is 0 Å². The maximum atomic E-state index is 11.8. The third-order valence-corrected chi connectivity index (χ3v) is 4.30. The van der Waals surface area contributed by atoms with Crippen molar-refractivity contribution in [3.8, 4) is 17.2 Å². The molecule has 2 rings (SSSR count). The van der Waals surface area contributed by atoms with E-state index in [1.165, 1.54) is 43.3 Å². The number of nitro benzene ring substituents is 1. The molecule has 146 valence electrons. The molecule has 0 aromatic heterocycles. The Labute approximate surface area is 165 Å². The molecule has 0 aliphatic rings. The van der Waals surface area contributed by atoms with E-state index >= 15 is 0 Å². The second kappa shape index (κ2) is 10.1. The summed E-state index contributed by atoms with van der Waals surface area (Å²) in [7, 11) is 1.44. The maximum absolute atomic E-state index is 11.8. The molecule has 0 spiro atoms. The van der Waals surface area contributed by atoms with Crippen molar-refractivity contribution >= 4 is 35.3 Å². The first kappa shape index (κ1) is 21.0. The van der Waals surface area contributed by atoms with Crippen LogP contribution in [0.4, 0.5) is 11.4 Å². The van der Waals surface area contributed by atoms with Crippen molar-refractivity contribution in [2.24, 2.45) is 4.99 Å². The lowest BCUT2D eigenvalue weighted by Crippen LogP contribution is -2.11. The molecule has 9 heteroatoms. The van der Waals surface area contributed by atoms with Crippen molar-refractivity contribution in [2.75, 3.05) is 18.6 Å². The number of methoxy groups -OCH3 is 1. The van der Waals surface area contributed by atoms with Gasteiger partial charge < -0.3 is 14.6 Å². The van der Waals surface area contributed by atoms with E-state index in [0.29, 0.717) is 17.1 Å². The second-order valence-electron chi connectivity index (χ2n) is 5.38. The standard InChI is InChI=1S/C19H18N2O6S/c1-3-8-28-12-19(23)27-17-7-4-13(9-18(17)26-2)11-20-15-10-14(21(24)25)5-6-16(15)22/h3-7,9-11,22H,1,8,12H2,2H3. The highest BCUT2D eigenvalue weighted by atomic mass is 32.2. The van der Waals surface area contributed by atoms with E-state index in [-0.39, 0.29) is 28.6 Å². The van der Waals surface area contributed by atoms with Gasteiger partial charge in [0.1, 0.15) is 11.4 Å². The molecule has 0 aliphatic heterocycles. The Bertz CT molecular complexity index is 913. The monoisotopic (exact) mass is 402 g/mol. The summed E-state index contributed by atoms with van der Waals surface area (Å²) in [6, 6.07) is 8.35. The number of hydrogen-bond donors (Lipinski definition) is 1. The molecular weight excluding hydrogens is 384 g/mol. The molecule has 8 nitrogen and oxygen atoms in total. The predicted octanol–water partition coefficient (Wildman–Crippen LogP) is 3.88. The minimum Gasteiger partial charge on any atom is -0.506 e. The lowest BCUT2D eigenvalue weighted by Gasteiger charge is -2.09. The number of carbonyl (C=O) groups is 1. The summed E-state index contributed by atoms with van der Waals surface area (Å²) in [5.41, 5.74) is 0.464. The summed E-state index contributed by atoms with van der Waals surface area (Å²) in [6.45, 7) is 3.58. The molecule has 0 amide bonds. The van der Waals surface area contributed by atoms with E-state index in [9.17, 15) is 20.0 Å². The number of hydrogen-bond acceptors (Lipinski definition) is 8. The van der Waals surface area contributed by atoms with Gasteiger partial charge in [-0.1, -0.05) is 6.08 Å². The summed E-state index contributed by atoms with van der Waals surface area (Å²) >= 11 is 1.38. The molecule has 2 aromatic carbocycles. The summed E-state index contributed by atoms with van der Waals surface area (Å²) in [5.74, 6) is 0.831. The van der Waals surface area contributed by atoms with Gasteiger partial charge in [-0.3, -0.25) is 19.9 Å². The number of ether oxygens (including phenoxy) is 2. The molecular formula is C19H18N2O6S. The largest absolute Gasteiger partial charge is 0.506 e. The average Bonchev–Trinajstić information content (AvgIpc) is 2.68. The van der Waals surface area contributed by atoms with Crippen molar-refractivity contribution in [3.05, 3.63) is 64.7 Å². The fraction of sp³-hybridized carbons (Fsp3) is 0.158. The minimum atomic E-state index is -0.571. The number of rotatable bonds is 9. The minimum absolute atomic E-state index is 0.0583. The summed E-state index contributed by atoms with van der Waals surface area (Å²) in [6.07, 6.45) is 3.11. The number of phenolic OH excluding ortho intramolecular Hbond substituents is 1. The summed E-state index contributed by atoms with van der Waals surface area (Å²) in [4.78, 5) is 26.2. The number of benzene rings is 2. The molecule has 28 heavy (non-hydrogen) atoms. The Balaban J connectivity index is 2.16. The number of phenols is 1. The van der Waals surface area contributed by atoms with E-state index in [4.69, 9.17) is 9.47 Å². The number of non-ortho nitro benzene ring substituents is 1. The van der Waals surface area contributed by atoms with Crippen LogP contribution < -0.4 is 9.47 Å². The molecule has 0 heterocycles. The number of aliphatic imine (C=N–C) groups is 1. The van der Waals surface area contributed by atoms with E-state index < -0.39 is 10.9 Å². The van der Waals surface area contributed by atoms with Gasteiger partial charge in [-0.2, -0.15) is 0 Å². The van der Waals surface area contributed by atoms with Crippen LogP contribution in [0.25, 0.3) is 0 Å². The van der Waals surface area contributed by atoms with Gasteiger partial charge in [0.15, 0.2) is 11.5 Å². The predicted molar refractivity (Wildman–Crippen MR) is 108 cm³/mol. The second-order valence-corrected chi connectivity index (χ2v) is 6.41. The fourth-order valence-electron chi connectivity index (χ4n) is 2.10. The first-order chi connectivity index (χ1) is 13.4. The number of esters is 1. The molecule has 0 saturated carbocycles. The lowest BCUT2D eigenvalue weighted by molar-refractivity contribution is -0.384.